The summed E-state index contributed by atoms with van der Waals surface area (Å²) in [4.78, 5) is 26.5. The maximum absolute atomic E-state index is 12.3. The molecule has 5 heteroatoms. The number of carbonyl (C=O) groups excluding carboxylic acids is 2. The third-order valence-corrected chi connectivity index (χ3v) is 5.58. The summed E-state index contributed by atoms with van der Waals surface area (Å²) in [5.41, 5.74) is 0.299. The number of hydrogen-bond donors (Lipinski definition) is 1. The summed E-state index contributed by atoms with van der Waals surface area (Å²) in [6.45, 7) is 0. The van der Waals surface area contributed by atoms with Crippen LogP contribution < -0.4 is 5.32 Å². The molecule has 0 radical (unpaired) electrons. The van der Waals surface area contributed by atoms with Crippen molar-refractivity contribution >= 4 is 29.3 Å². The van der Waals surface area contributed by atoms with Gasteiger partial charge in [0.15, 0.2) is 0 Å². The molecule has 1 amide bonds. The molecule has 25 heavy (non-hydrogen) atoms. The largest absolute Gasteiger partial charge is 0.467 e. The second-order valence-corrected chi connectivity index (χ2v) is 7.29. The maximum atomic E-state index is 12.3. The first-order valence-electron chi connectivity index (χ1n) is 8.37. The molecule has 1 heterocycles. The van der Waals surface area contributed by atoms with Gasteiger partial charge in [-0.1, -0.05) is 43.2 Å². The lowest BCUT2D eigenvalue weighted by Gasteiger charge is -2.26. The van der Waals surface area contributed by atoms with E-state index in [1.54, 1.807) is 17.4 Å². The summed E-state index contributed by atoms with van der Waals surface area (Å²) in [6, 6.07) is 14.2. The van der Waals surface area contributed by atoms with Crippen molar-refractivity contribution in [3.8, 4) is 10.4 Å². The number of nitrogens with one attached hydrogen (secondary N) is 1. The number of benzene rings is 1. The lowest BCUT2D eigenvalue weighted by molar-refractivity contribution is -0.150. The minimum absolute atomic E-state index is 0.262. The summed E-state index contributed by atoms with van der Waals surface area (Å²) in [5.74, 6) is -0.615. The van der Waals surface area contributed by atoms with E-state index in [0.29, 0.717) is 12.8 Å². The number of hydrogen-bond acceptors (Lipinski definition) is 4. The van der Waals surface area contributed by atoms with Crippen LogP contribution in [0.5, 0.6) is 0 Å². The lowest BCUT2D eigenvalue weighted by Crippen LogP contribution is -2.52. The van der Waals surface area contributed by atoms with Gasteiger partial charge in [-0.15, -0.1) is 11.3 Å². The van der Waals surface area contributed by atoms with Gasteiger partial charge in [0.1, 0.15) is 5.54 Å². The summed E-state index contributed by atoms with van der Waals surface area (Å²) in [6.07, 6.45) is 6.39. The fraction of sp³-hybridized carbons (Fsp3) is 0.300. The van der Waals surface area contributed by atoms with E-state index < -0.39 is 5.54 Å². The molecular formula is C20H21NO3S. The molecule has 2 aromatic rings. The standard InChI is InChI=1S/C20H21NO3S/c1-24-19(23)20(13-5-6-14-20)21-18(22)12-10-16-9-11-17(25-16)15-7-3-2-4-8-15/h2-4,7-12H,5-6,13-14H2,1H3,(H,21,22)/b12-10+. The van der Waals surface area contributed by atoms with E-state index in [0.717, 1.165) is 28.2 Å². The van der Waals surface area contributed by atoms with Crippen LogP contribution in [-0.2, 0) is 14.3 Å². The normalized spacial score (nSPS) is 16.0. The molecule has 0 unspecified atom stereocenters. The van der Waals surface area contributed by atoms with Gasteiger partial charge in [-0.05, 0) is 36.6 Å². The number of carbonyl (C=O) groups is 2. The Balaban J connectivity index is 1.67. The molecule has 1 saturated carbocycles. The van der Waals surface area contributed by atoms with Crippen LogP contribution in [0.25, 0.3) is 16.5 Å². The molecule has 0 bridgehead atoms. The Labute approximate surface area is 151 Å². The number of rotatable bonds is 5. The number of methoxy groups -OCH3 is 1. The molecule has 1 N–H and O–H groups in total. The molecule has 1 fully saturated rings. The van der Waals surface area contributed by atoms with Gasteiger partial charge in [0.05, 0.1) is 7.11 Å². The Hall–Kier alpha value is -2.40. The fourth-order valence-electron chi connectivity index (χ4n) is 3.19. The smallest absolute Gasteiger partial charge is 0.331 e. The second kappa shape index (κ2) is 7.66. The van der Waals surface area contributed by atoms with E-state index >= 15 is 0 Å². The van der Waals surface area contributed by atoms with Crippen LogP contribution in [-0.4, -0.2) is 24.5 Å². The average molecular weight is 355 g/mol. The summed E-state index contributed by atoms with van der Waals surface area (Å²) in [5, 5.41) is 2.86. The van der Waals surface area contributed by atoms with E-state index in [1.165, 1.54) is 13.2 Å². The van der Waals surface area contributed by atoms with E-state index in [9.17, 15) is 9.59 Å². The van der Waals surface area contributed by atoms with Crippen LogP contribution >= 0.6 is 11.3 Å². The third-order valence-electron chi connectivity index (χ3n) is 4.48. The van der Waals surface area contributed by atoms with Crippen molar-refractivity contribution in [2.24, 2.45) is 0 Å². The van der Waals surface area contributed by atoms with Gasteiger partial charge in [0.25, 0.3) is 0 Å². The average Bonchev–Trinajstić information content (AvgIpc) is 3.30. The molecule has 1 aliphatic carbocycles. The first-order valence-corrected chi connectivity index (χ1v) is 9.18. The second-order valence-electron chi connectivity index (χ2n) is 6.17. The molecule has 0 spiro atoms. The quantitative estimate of drug-likeness (QED) is 0.651. The summed E-state index contributed by atoms with van der Waals surface area (Å²) >= 11 is 1.62. The van der Waals surface area contributed by atoms with E-state index in [1.807, 2.05) is 30.3 Å². The topological polar surface area (TPSA) is 55.4 Å². The predicted octanol–water partition coefficient (Wildman–Crippen LogP) is 4.03. The van der Waals surface area contributed by atoms with Gasteiger partial charge in [-0.3, -0.25) is 4.79 Å². The lowest BCUT2D eigenvalue weighted by atomic mass is 9.97. The highest BCUT2D eigenvalue weighted by atomic mass is 32.1. The Kier molecular flexibility index (Phi) is 5.34. The highest BCUT2D eigenvalue weighted by Crippen LogP contribution is 2.31. The maximum Gasteiger partial charge on any atom is 0.331 e. The van der Waals surface area contributed by atoms with Gasteiger partial charge in [-0.2, -0.15) is 0 Å². The Bertz CT molecular complexity index is 773. The van der Waals surface area contributed by atoms with Gasteiger partial charge >= 0.3 is 5.97 Å². The number of ether oxygens (including phenoxy) is 1. The molecule has 0 atom stereocenters. The highest BCUT2D eigenvalue weighted by molar-refractivity contribution is 7.16. The summed E-state index contributed by atoms with van der Waals surface area (Å²) < 4.78 is 4.88. The van der Waals surface area contributed by atoms with Crippen LogP contribution in [0, 0.1) is 0 Å². The SMILES string of the molecule is COC(=O)C1(NC(=O)/C=C/c2ccc(-c3ccccc3)s2)CCCC1. The molecule has 1 aliphatic rings. The van der Waals surface area contributed by atoms with Crippen molar-refractivity contribution < 1.29 is 14.3 Å². The molecule has 0 saturated heterocycles. The Morgan fingerprint density at radius 1 is 1.12 bits per heavy atom. The van der Waals surface area contributed by atoms with Crippen molar-refractivity contribution in [1.82, 2.24) is 5.32 Å². The van der Waals surface area contributed by atoms with Gasteiger partial charge in [0.2, 0.25) is 5.91 Å². The van der Waals surface area contributed by atoms with Gasteiger partial charge in [-0.25, -0.2) is 4.79 Å². The van der Waals surface area contributed by atoms with E-state index in [4.69, 9.17) is 4.74 Å². The van der Waals surface area contributed by atoms with Crippen molar-refractivity contribution in [1.29, 1.82) is 0 Å². The first kappa shape index (κ1) is 17.4. The zero-order chi connectivity index (χ0) is 17.7. The Morgan fingerprint density at radius 2 is 1.84 bits per heavy atom. The Morgan fingerprint density at radius 3 is 2.52 bits per heavy atom. The molecule has 4 nitrogen and oxygen atoms in total. The molecule has 3 rings (SSSR count). The molecule has 130 valence electrons. The number of esters is 1. The van der Waals surface area contributed by atoms with Gasteiger partial charge < -0.3 is 10.1 Å². The summed E-state index contributed by atoms with van der Waals surface area (Å²) in [7, 11) is 1.36. The predicted molar refractivity (Wildman–Crippen MR) is 100 cm³/mol. The molecule has 0 aliphatic heterocycles. The van der Waals surface area contributed by atoms with Crippen LogP contribution in [0.2, 0.25) is 0 Å². The van der Waals surface area contributed by atoms with Crippen molar-refractivity contribution in [2.75, 3.05) is 7.11 Å². The zero-order valence-corrected chi connectivity index (χ0v) is 15.0. The minimum Gasteiger partial charge on any atom is -0.467 e. The number of thiophene rings is 1. The van der Waals surface area contributed by atoms with Crippen molar-refractivity contribution in [3.63, 3.8) is 0 Å². The van der Waals surface area contributed by atoms with Crippen molar-refractivity contribution in [2.45, 2.75) is 31.2 Å². The van der Waals surface area contributed by atoms with Crippen LogP contribution in [0.4, 0.5) is 0 Å². The fourth-order valence-corrected chi connectivity index (χ4v) is 4.11. The molecule has 1 aromatic carbocycles. The minimum atomic E-state index is -0.860. The van der Waals surface area contributed by atoms with Crippen LogP contribution in [0.1, 0.15) is 30.6 Å². The first-order chi connectivity index (χ1) is 12.1. The monoisotopic (exact) mass is 355 g/mol. The van der Waals surface area contributed by atoms with Crippen molar-refractivity contribution in [3.05, 3.63) is 53.4 Å². The third kappa shape index (κ3) is 3.99. The van der Waals surface area contributed by atoms with E-state index in [-0.39, 0.29) is 11.9 Å². The highest BCUT2D eigenvalue weighted by Gasteiger charge is 2.43. The van der Waals surface area contributed by atoms with Crippen LogP contribution in [0.3, 0.4) is 0 Å². The number of amides is 1. The van der Waals surface area contributed by atoms with Crippen LogP contribution in [0.15, 0.2) is 48.5 Å². The molecular weight excluding hydrogens is 334 g/mol. The zero-order valence-electron chi connectivity index (χ0n) is 14.2. The van der Waals surface area contributed by atoms with Gasteiger partial charge in [0, 0.05) is 15.8 Å². The van der Waals surface area contributed by atoms with E-state index in [2.05, 4.69) is 17.4 Å². The molecule has 1 aromatic heterocycles.